The van der Waals surface area contributed by atoms with Gasteiger partial charge in [-0.2, -0.15) is 0 Å². The zero-order chi connectivity index (χ0) is 9.02. The molecule has 0 aromatic heterocycles. The van der Waals surface area contributed by atoms with E-state index in [1.807, 2.05) is 6.92 Å². The van der Waals surface area contributed by atoms with Crippen LogP contribution in [0, 0.1) is 5.92 Å². The van der Waals surface area contributed by atoms with Crippen LogP contribution in [0.4, 0.5) is 0 Å². The molecule has 0 bridgehead atoms. The molecule has 0 spiro atoms. The smallest absolute Gasteiger partial charge is 0.0783 e. The van der Waals surface area contributed by atoms with Crippen molar-refractivity contribution in [3.63, 3.8) is 0 Å². The Bertz CT molecular complexity index is 132. The van der Waals surface area contributed by atoms with Crippen molar-refractivity contribution in [1.29, 1.82) is 0 Å². The van der Waals surface area contributed by atoms with Crippen LogP contribution in [0.1, 0.15) is 20.8 Å². The molecule has 0 aliphatic carbocycles. The van der Waals surface area contributed by atoms with Crippen molar-refractivity contribution < 1.29 is 4.74 Å². The van der Waals surface area contributed by atoms with E-state index in [0.717, 1.165) is 5.57 Å². The molecule has 0 fully saturated rings. The molecule has 2 N–H and O–H groups in total. The van der Waals surface area contributed by atoms with Crippen LogP contribution in [0.15, 0.2) is 12.2 Å². The molecule has 0 aromatic rings. The predicted molar refractivity (Wildman–Crippen MR) is 48.4 cm³/mol. The number of ether oxygens (including phenoxy) is 1. The Labute approximate surface area is 69.4 Å². The Hall–Kier alpha value is -0.340. The summed E-state index contributed by atoms with van der Waals surface area (Å²) < 4.78 is 5.25. The van der Waals surface area contributed by atoms with E-state index in [1.165, 1.54) is 0 Å². The third kappa shape index (κ3) is 3.04. The first-order valence-corrected chi connectivity index (χ1v) is 3.94. The molecule has 11 heavy (non-hydrogen) atoms. The fourth-order valence-electron chi connectivity index (χ4n) is 1.11. The maximum atomic E-state index is 5.85. The Morgan fingerprint density at radius 2 is 1.91 bits per heavy atom. The van der Waals surface area contributed by atoms with Gasteiger partial charge in [0.2, 0.25) is 0 Å². The second-order valence-corrected chi connectivity index (χ2v) is 3.32. The van der Waals surface area contributed by atoms with Gasteiger partial charge in [-0.3, -0.25) is 0 Å². The molecular formula is C9H19NO. The molecule has 2 nitrogen and oxygen atoms in total. The Kier molecular flexibility index (Phi) is 4.38. The lowest BCUT2D eigenvalue weighted by atomic mass is 9.96. The summed E-state index contributed by atoms with van der Waals surface area (Å²) in [5, 5.41) is 0. The second kappa shape index (κ2) is 4.52. The van der Waals surface area contributed by atoms with Crippen molar-refractivity contribution in [3.8, 4) is 0 Å². The van der Waals surface area contributed by atoms with E-state index in [9.17, 15) is 0 Å². The SMILES string of the molecule is C=C(C)C(N)C(OC)C(C)C. The van der Waals surface area contributed by atoms with Gasteiger partial charge in [0.05, 0.1) is 12.1 Å². The summed E-state index contributed by atoms with van der Waals surface area (Å²) in [7, 11) is 1.69. The first-order valence-electron chi connectivity index (χ1n) is 3.94. The first kappa shape index (κ1) is 10.7. The van der Waals surface area contributed by atoms with Gasteiger partial charge in [0, 0.05) is 7.11 Å². The zero-order valence-electron chi connectivity index (χ0n) is 7.92. The predicted octanol–water partition coefficient (Wildman–Crippen LogP) is 1.56. The largest absolute Gasteiger partial charge is 0.379 e. The maximum Gasteiger partial charge on any atom is 0.0783 e. The van der Waals surface area contributed by atoms with E-state index in [0.29, 0.717) is 5.92 Å². The highest BCUT2D eigenvalue weighted by atomic mass is 16.5. The van der Waals surface area contributed by atoms with Crippen LogP contribution in [0.3, 0.4) is 0 Å². The van der Waals surface area contributed by atoms with Crippen LogP contribution in [-0.4, -0.2) is 19.3 Å². The van der Waals surface area contributed by atoms with Gasteiger partial charge < -0.3 is 10.5 Å². The van der Waals surface area contributed by atoms with E-state index < -0.39 is 0 Å². The van der Waals surface area contributed by atoms with Gasteiger partial charge in [0.1, 0.15) is 0 Å². The van der Waals surface area contributed by atoms with Gasteiger partial charge >= 0.3 is 0 Å². The highest BCUT2D eigenvalue weighted by Crippen LogP contribution is 2.12. The maximum absolute atomic E-state index is 5.85. The molecular weight excluding hydrogens is 138 g/mol. The lowest BCUT2D eigenvalue weighted by Crippen LogP contribution is -2.40. The molecule has 0 aromatic carbocycles. The Morgan fingerprint density at radius 1 is 1.45 bits per heavy atom. The highest BCUT2D eigenvalue weighted by Gasteiger charge is 2.20. The normalized spacial score (nSPS) is 16.5. The summed E-state index contributed by atoms with van der Waals surface area (Å²) in [5.41, 5.74) is 6.83. The Balaban J connectivity index is 4.13. The van der Waals surface area contributed by atoms with E-state index >= 15 is 0 Å². The van der Waals surface area contributed by atoms with Crippen molar-refractivity contribution in [1.82, 2.24) is 0 Å². The molecule has 0 aliphatic rings. The fraction of sp³-hybridized carbons (Fsp3) is 0.778. The third-order valence-corrected chi connectivity index (χ3v) is 1.85. The van der Waals surface area contributed by atoms with Crippen LogP contribution < -0.4 is 5.73 Å². The van der Waals surface area contributed by atoms with Crippen molar-refractivity contribution in [3.05, 3.63) is 12.2 Å². The van der Waals surface area contributed by atoms with Gasteiger partial charge in [-0.15, -0.1) is 0 Å². The molecule has 0 aliphatic heterocycles. The molecule has 2 heteroatoms. The standard InChI is InChI=1S/C9H19NO/c1-6(2)8(10)9(11-5)7(3)4/h7-9H,1,10H2,2-5H3. The van der Waals surface area contributed by atoms with E-state index in [1.54, 1.807) is 7.11 Å². The van der Waals surface area contributed by atoms with E-state index in [2.05, 4.69) is 20.4 Å². The lowest BCUT2D eigenvalue weighted by Gasteiger charge is -2.25. The van der Waals surface area contributed by atoms with Crippen molar-refractivity contribution in [2.75, 3.05) is 7.11 Å². The number of hydrogen-bond donors (Lipinski definition) is 1. The minimum Gasteiger partial charge on any atom is -0.379 e. The summed E-state index contributed by atoms with van der Waals surface area (Å²) in [4.78, 5) is 0. The molecule has 66 valence electrons. The minimum absolute atomic E-state index is 0.0417. The summed E-state index contributed by atoms with van der Waals surface area (Å²) in [6, 6.07) is -0.0417. The molecule has 0 saturated carbocycles. The summed E-state index contributed by atoms with van der Waals surface area (Å²) in [6.07, 6.45) is 0.0903. The average molecular weight is 157 g/mol. The summed E-state index contributed by atoms with van der Waals surface area (Å²) >= 11 is 0. The Morgan fingerprint density at radius 3 is 2.00 bits per heavy atom. The fourth-order valence-corrected chi connectivity index (χ4v) is 1.11. The van der Waals surface area contributed by atoms with Gasteiger partial charge in [-0.25, -0.2) is 0 Å². The molecule has 0 saturated heterocycles. The summed E-state index contributed by atoms with van der Waals surface area (Å²) in [6.45, 7) is 9.92. The van der Waals surface area contributed by atoms with Crippen molar-refractivity contribution >= 4 is 0 Å². The van der Waals surface area contributed by atoms with Crippen molar-refractivity contribution in [2.24, 2.45) is 11.7 Å². The van der Waals surface area contributed by atoms with Crippen LogP contribution in [0.2, 0.25) is 0 Å². The van der Waals surface area contributed by atoms with Crippen LogP contribution in [-0.2, 0) is 4.74 Å². The minimum atomic E-state index is -0.0417. The molecule has 2 unspecified atom stereocenters. The van der Waals surface area contributed by atoms with Gasteiger partial charge in [0.15, 0.2) is 0 Å². The number of nitrogens with two attached hydrogens (primary N) is 1. The average Bonchev–Trinajstić information content (AvgIpc) is 1.88. The van der Waals surface area contributed by atoms with E-state index in [-0.39, 0.29) is 12.1 Å². The monoisotopic (exact) mass is 157 g/mol. The van der Waals surface area contributed by atoms with Crippen LogP contribution >= 0.6 is 0 Å². The van der Waals surface area contributed by atoms with Gasteiger partial charge in [0.25, 0.3) is 0 Å². The number of methoxy groups -OCH3 is 1. The van der Waals surface area contributed by atoms with Crippen molar-refractivity contribution in [2.45, 2.75) is 32.9 Å². The molecule has 2 atom stereocenters. The number of rotatable bonds is 4. The van der Waals surface area contributed by atoms with Gasteiger partial charge in [-0.05, 0) is 12.8 Å². The molecule has 0 amide bonds. The molecule has 0 radical (unpaired) electrons. The lowest BCUT2D eigenvalue weighted by molar-refractivity contribution is 0.0528. The van der Waals surface area contributed by atoms with Crippen LogP contribution in [0.25, 0.3) is 0 Å². The highest BCUT2D eigenvalue weighted by molar-refractivity contribution is 5.04. The third-order valence-electron chi connectivity index (χ3n) is 1.85. The first-order chi connectivity index (χ1) is 5.00. The molecule has 0 heterocycles. The summed E-state index contributed by atoms with van der Waals surface area (Å²) in [5.74, 6) is 0.437. The number of hydrogen-bond acceptors (Lipinski definition) is 2. The zero-order valence-corrected chi connectivity index (χ0v) is 7.92. The second-order valence-electron chi connectivity index (χ2n) is 3.32. The van der Waals surface area contributed by atoms with Crippen LogP contribution in [0.5, 0.6) is 0 Å². The van der Waals surface area contributed by atoms with Gasteiger partial charge in [-0.1, -0.05) is 26.0 Å². The topological polar surface area (TPSA) is 35.2 Å². The molecule has 0 rings (SSSR count). The van der Waals surface area contributed by atoms with E-state index in [4.69, 9.17) is 10.5 Å². The quantitative estimate of drug-likeness (QED) is 0.628.